The van der Waals surface area contributed by atoms with Crippen LogP contribution in [0.2, 0.25) is 0 Å². The molecule has 0 spiro atoms. The molecule has 0 bridgehead atoms. The highest BCUT2D eigenvalue weighted by Crippen LogP contribution is 2.24. The molecule has 27 heavy (non-hydrogen) atoms. The van der Waals surface area contributed by atoms with Gasteiger partial charge in [0.05, 0.1) is 25.3 Å². The zero-order valence-electron chi connectivity index (χ0n) is 15.3. The van der Waals surface area contributed by atoms with Gasteiger partial charge in [0.2, 0.25) is 5.91 Å². The van der Waals surface area contributed by atoms with Gasteiger partial charge in [-0.15, -0.1) is 5.10 Å². The molecule has 3 aromatic rings. The van der Waals surface area contributed by atoms with Crippen LogP contribution >= 0.6 is 0 Å². The van der Waals surface area contributed by atoms with Crippen LogP contribution in [0.1, 0.15) is 18.5 Å². The predicted molar refractivity (Wildman–Crippen MR) is 102 cm³/mol. The average Bonchev–Trinajstić information content (AvgIpc) is 3.13. The highest BCUT2D eigenvalue weighted by molar-refractivity contribution is 5.79. The van der Waals surface area contributed by atoms with E-state index in [1.165, 1.54) is 0 Å². The molecule has 1 amide bonds. The summed E-state index contributed by atoms with van der Waals surface area (Å²) in [6.45, 7) is 3.94. The Hall–Kier alpha value is -3.15. The number of carbonyl (C=O) groups excluding carboxylic acids is 1. The third-order valence-corrected chi connectivity index (χ3v) is 4.76. The molecule has 138 valence electrons. The molecule has 1 aliphatic rings. The smallest absolute Gasteiger partial charge is 0.227 e. The van der Waals surface area contributed by atoms with E-state index in [1.54, 1.807) is 0 Å². The maximum absolute atomic E-state index is 12.5. The summed E-state index contributed by atoms with van der Waals surface area (Å²) in [5.41, 5.74) is 2.90. The second-order valence-electron chi connectivity index (χ2n) is 6.66. The molecule has 0 aliphatic carbocycles. The van der Waals surface area contributed by atoms with Crippen molar-refractivity contribution in [3.63, 3.8) is 0 Å². The Morgan fingerprint density at radius 3 is 2.56 bits per heavy atom. The van der Waals surface area contributed by atoms with Crippen LogP contribution in [0.15, 0.2) is 60.8 Å². The Bertz CT molecular complexity index is 899. The van der Waals surface area contributed by atoms with Crippen LogP contribution in [0.5, 0.6) is 5.75 Å². The second kappa shape index (κ2) is 7.61. The number of nitrogens with zero attached hydrogens (tertiary/aromatic N) is 4. The van der Waals surface area contributed by atoms with E-state index in [2.05, 4.69) is 10.3 Å². The second-order valence-corrected chi connectivity index (χ2v) is 6.66. The van der Waals surface area contributed by atoms with E-state index in [1.807, 2.05) is 77.3 Å². The van der Waals surface area contributed by atoms with Gasteiger partial charge in [0.15, 0.2) is 0 Å². The van der Waals surface area contributed by atoms with Crippen molar-refractivity contribution < 1.29 is 9.53 Å². The van der Waals surface area contributed by atoms with Crippen molar-refractivity contribution in [1.29, 1.82) is 0 Å². The number of hydrogen-bond acceptors (Lipinski definition) is 4. The molecule has 0 radical (unpaired) electrons. The monoisotopic (exact) mass is 362 g/mol. The molecular formula is C21H22N4O2. The van der Waals surface area contributed by atoms with Crippen LogP contribution in [0.25, 0.3) is 11.3 Å². The Labute approximate surface area is 158 Å². The molecule has 0 saturated carbocycles. The van der Waals surface area contributed by atoms with E-state index in [0.717, 1.165) is 22.6 Å². The third-order valence-electron chi connectivity index (χ3n) is 4.76. The van der Waals surface area contributed by atoms with Crippen LogP contribution in [0.3, 0.4) is 0 Å². The van der Waals surface area contributed by atoms with E-state index in [-0.39, 0.29) is 11.9 Å². The van der Waals surface area contributed by atoms with E-state index < -0.39 is 0 Å². The van der Waals surface area contributed by atoms with Crippen molar-refractivity contribution >= 4 is 5.91 Å². The molecule has 6 heteroatoms. The van der Waals surface area contributed by atoms with Crippen molar-refractivity contribution in [2.45, 2.75) is 19.4 Å². The summed E-state index contributed by atoms with van der Waals surface area (Å²) in [6, 6.07) is 17.9. The molecule has 0 atom stereocenters. The molecule has 0 N–H and O–H groups in total. The van der Waals surface area contributed by atoms with Crippen molar-refractivity contribution in [3.05, 3.63) is 66.4 Å². The summed E-state index contributed by atoms with van der Waals surface area (Å²) in [4.78, 5) is 14.3. The van der Waals surface area contributed by atoms with Crippen LogP contribution in [0, 0.1) is 0 Å². The lowest BCUT2D eigenvalue weighted by Crippen LogP contribution is -2.51. The Kier molecular flexibility index (Phi) is 4.87. The molecule has 1 saturated heterocycles. The lowest BCUT2D eigenvalue weighted by molar-refractivity contribution is -0.136. The zero-order valence-corrected chi connectivity index (χ0v) is 15.3. The fourth-order valence-electron chi connectivity index (χ4n) is 3.18. The molecule has 4 rings (SSSR count). The molecule has 1 aromatic heterocycles. The third kappa shape index (κ3) is 3.84. The van der Waals surface area contributed by atoms with Crippen LogP contribution in [-0.4, -0.2) is 45.5 Å². The van der Waals surface area contributed by atoms with E-state index in [0.29, 0.717) is 26.1 Å². The van der Waals surface area contributed by atoms with Crippen molar-refractivity contribution in [2.75, 3.05) is 19.7 Å². The lowest BCUT2D eigenvalue weighted by atomic mass is 10.1. The maximum atomic E-state index is 12.5. The minimum Gasteiger partial charge on any atom is -0.494 e. The fraction of sp³-hybridized carbons (Fsp3) is 0.286. The van der Waals surface area contributed by atoms with Gasteiger partial charge < -0.3 is 9.64 Å². The number of rotatable bonds is 6. The predicted octanol–water partition coefficient (Wildman–Crippen LogP) is 2.97. The number of ether oxygens (including phenoxy) is 1. The first kappa shape index (κ1) is 17.3. The van der Waals surface area contributed by atoms with Gasteiger partial charge in [-0.3, -0.25) is 4.79 Å². The normalized spacial score (nSPS) is 14.0. The van der Waals surface area contributed by atoms with Crippen LogP contribution in [-0.2, 0) is 11.2 Å². The van der Waals surface area contributed by atoms with E-state index in [9.17, 15) is 4.79 Å². The van der Waals surface area contributed by atoms with Gasteiger partial charge in [-0.25, -0.2) is 4.68 Å². The van der Waals surface area contributed by atoms with Crippen LogP contribution < -0.4 is 4.74 Å². The van der Waals surface area contributed by atoms with Crippen molar-refractivity contribution in [2.24, 2.45) is 0 Å². The van der Waals surface area contributed by atoms with Gasteiger partial charge >= 0.3 is 0 Å². The first-order valence-corrected chi connectivity index (χ1v) is 9.19. The van der Waals surface area contributed by atoms with E-state index in [4.69, 9.17) is 4.74 Å². The highest BCUT2D eigenvalue weighted by Gasteiger charge is 2.32. The van der Waals surface area contributed by atoms with Gasteiger partial charge in [0.1, 0.15) is 11.4 Å². The zero-order chi connectivity index (χ0) is 18.6. The standard InChI is InChI=1S/C21H22N4O2/c1-2-27-19-10-8-16(9-11-19)12-21(26)24-13-18(14-24)25-15-20(22-23-25)17-6-4-3-5-7-17/h3-11,15,18H,2,12-14H2,1H3. The van der Waals surface area contributed by atoms with Gasteiger partial charge in [-0.2, -0.15) is 0 Å². The van der Waals surface area contributed by atoms with Gasteiger partial charge in [0.25, 0.3) is 0 Å². The van der Waals surface area contributed by atoms with Gasteiger partial charge in [0, 0.05) is 18.7 Å². The summed E-state index contributed by atoms with van der Waals surface area (Å²) in [5.74, 6) is 0.969. The molecule has 2 aromatic carbocycles. The molecule has 1 fully saturated rings. The summed E-state index contributed by atoms with van der Waals surface area (Å²) < 4.78 is 7.30. The number of aromatic nitrogens is 3. The minimum absolute atomic E-state index is 0.138. The summed E-state index contributed by atoms with van der Waals surface area (Å²) in [7, 11) is 0. The number of amides is 1. The minimum atomic E-state index is 0.138. The topological polar surface area (TPSA) is 60.2 Å². The quantitative estimate of drug-likeness (QED) is 0.676. The first-order valence-electron chi connectivity index (χ1n) is 9.19. The number of carbonyl (C=O) groups is 1. The fourth-order valence-corrected chi connectivity index (χ4v) is 3.18. The summed E-state index contributed by atoms with van der Waals surface area (Å²) in [5, 5.41) is 8.48. The Balaban J connectivity index is 1.31. The molecule has 6 nitrogen and oxygen atoms in total. The number of benzene rings is 2. The average molecular weight is 362 g/mol. The summed E-state index contributed by atoms with van der Waals surface area (Å²) in [6.07, 6.45) is 2.36. The molecule has 1 aliphatic heterocycles. The maximum Gasteiger partial charge on any atom is 0.227 e. The largest absolute Gasteiger partial charge is 0.494 e. The highest BCUT2D eigenvalue weighted by atomic mass is 16.5. The lowest BCUT2D eigenvalue weighted by Gasteiger charge is -2.39. The molecule has 2 heterocycles. The van der Waals surface area contributed by atoms with Crippen molar-refractivity contribution in [1.82, 2.24) is 19.9 Å². The van der Waals surface area contributed by atoms with Crippen LogP contribution in [0.4, 0.5) is 0 Å². The summed E-state index contributed by atoms with van der Waals surface area (Å²) >= 11 is 0. The molecular weight excluding hydrogens is 340 g/mol. The van der Waals surface area contributed by atoms with Gasteiger partial charge in [-0.05, 0) is 24.6 Å². The molecule has 0 unspecified atom stereocenters. The number of likely N-dealkylation sites (tertiary alicyclic amines) is 1. The van der Waals surface area contributed by atoms with E-state index >= 15 is 0 Å². The first-order chi connectivity index (χ1) is 13.2. The van der Waals surface area contributed by atoms with Crippen molar-refractivity contribution in [3.8, 4) is 17.0 Å². The Morgan fingerprint density at radius 1 is 1.11 bits per heavy atom. The van der Waals surface area contributed by atoms with Gasteiger partial charge in [-0.1, -0.05) is 47.7 Å². The Morgan fingerprint density at radius 2 is 1.85 bits per heavy atom. The number of hydrogen-bond donors (Lipinski definition) is 0. The SMILES string of the molecule is CCOc1ccc(CC(=O)N2CC(n3cc(-c4ccccc4)nn3)C2)cc1.